The first-order valence-electron chi connectivity index (χ1n) is 9.94. The number of likely N-dealkylation sites (tertiary alicyclic amines) is 1. The monoisotopic (exact) mass is 415 g/mol. The zero-order valence-corrected chi connectivity index (χ0v) is 16.5. The molecule has 2 heterocycles. The highest BCUT2D eigenvalue weighted by Crippen LogP contribution is 2.48. The molecule has 0 bridgehead atoms. The lowest BCUT2D eigenvalue weighted by atomic mass is 9.97. The molecule has 1 aliphatic heterocycles. The number of aromatic nitrogens is 1. The van der Waals surface area contributed by atoms with Crippen LogP contribution in [0.15, 0.2) is 42.5 Å². The molecule has 3 atom stereocenters. The average Bonchev–Trinajstić information content (AvgIpc) is 3.33. The maximum Gasteiger partial charge on any atom is 0.408 e. The van der Waals surface area contributed by atoms with Gasteiger partial charge in [-0.3, -0.25) is 9.69 Å². The van der Waals surface area contributed by atoms with Crippen molar-refractivity contribution in [1.29, 1.82) is 0 Å². The highest BCUT2D eigenvalue weighted by molar-refractivity contribution is 5.86. The van der Waals surface area contributed by atoms with Gasteiger partial charge in [0, 0.05) is 12.0 Å². The lowest BCUT2D eigenvalue weighted by molar-refractivity contribution is -0.125. The van der Waals surface area contributed by atoms with Crippen LogP contribution >= 0.6 is 0 Å². The number of nitrogens with one attached hydrogen (secondary N) is 1. The van der Waals surface area contributed by atoms with Crippen LogP contribution in [0.25, 0.3) is 0 Å². The second kappa shape index (κ2) is 7.66. The molecular weight excluding hydrogens is 392 g/mol. The number of hydrogen-bond acceptors (Lipinski definition) is 3. The Morgan fingerprint density at radius 1 is 1.23 bits per heavy atom. The molecule has 1 aromatic heterocycles. The lowest BCUT2D eigenvalue weighted by Crippen LogP contribution is -2.46. The van der Waals surface area contributed by atoms with Crippen molar-refractivity contribution < 1.29 is 23.5 Å². The molecule has 8 heteroatoms. The van der Waals surface area contributed by atoms with Gasteiger partial charge in [0.05, 0.1) is 18.3 Å². The number of carboxylic acid groups (broad SMARTS) is 1. The molecule has 1 saturated heterocycles. The third-order valence-corrected chi connectivity index (χ3v) is 6.03. The van der Waals surface area contributed by atoms with Crippen LogP contribution < -0.4 is 5.32 Å². The highest BCUT2D eigenvalue weighted by atomic mass is 19.1. The van der Waals surface area contributed by atoms with E-state index in [0.717, 1.165) is 17.7 Å². The molecule has 1 saturated carbocycles. The Morgan fingerprint density at radius 2 is 1.93 bits per heavy atom. The molecule has 3 unspecified atom stereocenters. The minimum Gasteiger partial charge on any atom is -0.465 e. The highest BCUT2D eigenvalue weighted by Gasteiger charge is 2.42. The Labute approximate surface area is 172 Å². The summed E-state index contributed by atoms with van der Waals surface area (Å²) in [5.41, 5.74) is 1.33. The first-order chi connectivity index (χ1) is 14.3. The van der Waals surface area contributed by atoms with E-state index >= 15 is 0 Å². The summed E-state index contributed by atoms with van der Waals surface area (Å²) in [6.45, 7) is 1.64. The smallest absolute Gasteiger partial charge is 0.408 e. The van der Waals surface area contributed by atoms with E-state index in [9.17, 15) is 23.5 Å². The van der Waals surface area contributed by atoms with Crippen molar-refractivity contribution in [2.75, 3.05) is 6.54 Å². The summed E-state index contributed by atoms with van der Waals surface area (Å²) >= 11 is 0. The van der Waals surface area contributed by atoms with Gasteiger partial charge in [0.25, 0.3) is 0 Å². The fourth-order valence-corrected chi connectivity index (χ4v) is 3.97. The predicted molar refractivity (Wildman–Crippen MR) is 105 cm³/mol. The molecule has 2 N–H and O–H groups in total. The van der Waals surface area contributed by atoms with E-state index in [0.29, 0.717) is 16.8 Å². The third-order valence-electron chi connectivity index (χ3n) is 6.03. The Morgan fingerprint density at radius 3 is 2.53 bits per heavy atom. The van der Waals surface area contributed by atoms with Gasteiger partial charge in [0.15, 0.2) is 0 Å². The molecule has 2 amide bonds. The Kier molecular flexibility index (Phi) is 5.17. The maximum atomic E-state index is 14.8. The van der Waals surface area contributed by atoms with Crippen molar-refractivity contribution >= 4 is 12.0 Å². The van der Waals surface area contributed by atoms with Crippen LogP contribution in [0.3, 0.4) is 0 Å². The van der Waals surface area contributed by atoms with E-state index < -0.39 is 36.2 Å². The summed E-state index contributed by atoms with van der Waals surface area (Å²) in [7, 11) is 0. The van der Waals surface area contributed by atoms with Gasteiger partial charge in [-0.05, 0) is 29.9 Å². The quantitative estimate of drug-likeness (QED) is 0.732. The van der Waals surface area contributed by atoms with Crippen LogP contribution in [0.4, 0.5) is 13.6 Å². The van der Waals surface area contributed by atoms with E-state index in [1.54, 1.807) is 36.4 Å². The van der Waals surface area contributed by atoms with Gasteiger partial charge in [-0.15, -0.1) is 0 Å². The molecule has 1 aromatic carbocycles. The molecule has 0 radical (unpaired) electrons. The molecule has 6 nitrogen and oxygen atoms in total. The zero-order chi connectivity index (χ0) is 21.5. The SMILES string of the molecule is CC1(c2ccc(C(NC(=O)C3CC(F)CN3C(=O)O)c3ccccc3)nc2F)CC1. The fourth-order valence-electron chi connectivity index (χ4n) is 3.97. The van der Waals surface area contributed by atoms with Crippen molar-refractivity contribution in [3.05, 3.63) is 65.2 Å². The zero-order valence-electron chi connectivity index (χ0n) is 16.5. The van der Waals surface area contributed by atoms with E-state index in [-0.39, 0.29) is 18.4 Å². The summed E-state index contributed by atoms with van der Waals surface area (Å²) in [6.07, 6.45) is -1.15. The largest absolute Gasteiger partial charge is 0.465 e. The van der Waals surface area contributed by atoms with E-state index in [4.69, 9.17) is 0 Å². The Balaban J connectivity index is 1.64. The predicted octanol–water partition coefficient (Wildman–Crippen LogP) is 3.57. The molecule has 0 spiro atoms. The number of amides is 2. The van der Waals surface area contributed by atoms with Crippen LogP contribution in [0, 0.1) is 5.95 Å². The van der Waals surface area contributed by atoms with Crippen LogP contribution in [0.5, 0.6) is 0 Å². The van der Waals surface area contributed by atoms with Gasteiger partial charge in [-0.25, -0.2) is 14.2 Å². The molecule has 2 aromatic rings. The fraction of sp³-hybridized carbons (Fsp3) is 0.409. The summed E-state index contributed by atoms with van der Waals surface area (Å²) in [4.78, 5) is 29.2. The van der Waals surface area contributed by atoms with Gasteiger partial charge in [0.2, 0.25) is 11.9 Å². The molecular formula is C22H23F2N3O3. The molecule has 4 rings (SSSR count). The Bertz CT molecular complexity index is 965. The van der Waals surface area contributed by atoms with Gasteiger partial charge >= 0.3 is 6.09 Å². The average molecular weight is 415 g/mol. The normalized spacial score (nSPS) is 23.1. The number of nitrogens with zero attached hydrogens (tertiary/aromatic N) is 2. The minimum atomic E-state index is -1.40. The van der Waals surface area contributed by atoms with E-state index in [1.165, 1.54) is 0 Å². The van der Waals surface area contributed by atoms with Crippen molar-refractivity contribution in [3.8, 4) is 0 Å². The summed E-state index contributed by atoms with van der Waals surface area (Å²) < 4.78 is 28.6. The summed E-state index contributed by atoms with van der Waals surface area (Å²) in [5, 5.41) is 12.0. The van der Waals surface area contributed by atoms with Gasteiger partial charge in [0.1, 0.15) is 12.2 Å². The molecule has 30 heavy (non-hydrogen) atoms. The number of alkyl halides is 1. The molecule has 158 valence electrons. The number of hydrogen-bond donors (Lipinski definition) is 2. The summed E-state index contributed by atoms with van der Waals surface area (Å²) in [6, 6.07) is 10.4. The first-order valence-corrected chi connectivity index (χ1v) is 9.94. The number of rotatable bonds is 5. The number of benzene rings is 1. The van der Waals surface area contributed by atoms with Gasteiger partial charge in [-0.2, -0.15) is 4.39 Å². The van der Waals surface area contributed by atoms with Crippen LogP contribution in [0.2, 0.25) is 0 Å². The van der Waals surface area contributed by atoms with E-state index in [2.05, 4.69) is 10.3 Å². The number of pyridine rings is 1. The van der Waals surface area contributed by atoms with Gasteiger partial charge in [-0.1, -0.05) is 43.3 Å². The number of carbonyl (C=O) groups is 2. The van der Waals surface area contributed by atoms with Gasteiger partial charge < -0.3 is 10.4 Å². The molecule has 2 aliphatic rings. The second-order valence-electron chi connectivity index (χ2n) is 8.27. The van der Waals surface area contributed by atoms with Crippen LogP contribution in [-0.2, 0) is 10.2 Å². The van der Waals surface area contributed by atoms with Crippen molar-refractivity contribution in [2.24, 2.45) is 0 Å². The minimum absolute atomic E-state index is 0.191. The van der Waals surface area contributed by atoms with Crippen molar-refractivity contribution in [3.63, 3.8) is 0 Å². The van der Waals surface area contributed by atoms with Crippen molar-refractivity contribution in [2.45, 2.75) is 49.9 Å². The summed E-state index contributed by atoms with van der Waals surface area (Å²) in [5.74, 6) is -1.20. The number of halogens is 2. The standard InChI is InChI=1S/C22H23F2N3O3/c1-22(9-10-22)15-7-8-16(25-19(15)24)18(13-5-3-2-4-6-13)26-20(28)17-11-14(23)12-27(17)21(29)30/h2-8,14,17-18H,9-12H2,1H3,(H,26,28)(H,29,30). The third kappa shape index (κ3) is 3.86. The van der Waals surface area contributed by atoms with Crippen LogP contribution in [0.1, 0.15) is 49.0 Å². The van der Waals surface area contributed by atoms with Crippen LogP contribution in [-0.4, -0.2) is 45.7 Å². The first kappa shape index (κ1) is 20.3. The Hall–Kier alpha value is -3.03. The number of carbonyl (C=O) groups excluding carboxylic acids is 1. The topological polar surface area (TPSA) is 82.5 Å². The lowest BCUT2D eigenvalue weighted by Gasteiger charge is -2.25. The molecule has 2 fully saturated rings. The van der Waals surface area contributed by atoms with Crippen molar-refractivity contribution in [1.82, 2.24) is 15.2 Å². The molecule has 1 aliphatic carbocycles. The van der Waals surface area contributed by atoms with E-state index in [1.807, 2.05) is 13.0 Å². The second-order valence-corrected chi connectivity index (χ2v) is 8.27. The maximum absolute atomic E-state index is 14.8.